The number of nitrogens with zero attached hydrogens (tertiary/aromatic N) is 1. The third kappa shape index (κ3) is 3.81. The minimum atomic E-state index is -0.646. The second-order valence-corrected chi connectivity index (χ2v) is 8.36. The highest BCUT2D eigenvalue weighted by molar-refractivity contribution is 6.08. The fourth-order valence-electron chi connectivity index (χ4n) is 4.78. The zero-order chi connectivity index (χ0) is 22.1. The fourth-order valence-corrected chi connectivity index (χ4v) is 4.78. The van der Waals surface area contributed by atoms with Gasteiger partial charge in [0.15, 0.2) is 17.3 Å². The molecule has 2 atom stereocenters. The van der Waals surface area contributed by atoms with Crippen LogP contribution in [0.5, 0.6) is 11.5 Å². The van der Waals surface area contributed by atoms with Crippen molar-refractivity contribution in [2.24, 2.45) is 10.9 Å². The highest BCUT2D eigenvalue weighted by Gasteiger charge is 2.43. The van der Waals surface area contributed by atoms with Crippen LogP contribution in [0.15, 0.2) is 64.8 Å². The minimum absolute atomic E-state index is 0.0623. The normalized spacial score (nSPS) is 21.8. The number of rotatable bonds is 5. The number of fused-ring (bicyclic) bond motifs is 1. The fraction of sp³-hybridized carbons (Fsp3) is 0.346. The van der Waals surface area contributed by atoms with E-state index < -0.39 is 11.8 Å². The van der Waals surface area contributed by atoms with Crippen LogP contribution in [0.2, 0.25) is 0 Å². The van der Waals surface area contributed by atoms with E-state index >= 15 is 0 Å². The first kappa shape index (κ1) is 20.5. The molecule has 1 unspecified atom stereocenters. The number of Topliss-reactive ketones (excluding diaryl/α,β-unsaturated/α-hetero) is 1. The summed E-state index contributed by atoms with van der Waals surface area (Å²) in [5, 5.41) is 0. The molecule has 2 heterocycles. The molecular formula is C26H25NO5. The quantitative estimate of drug-likeness (QED) is 0.657. The van der Waals surface area contributed by atoms with Gasteiger partial charge in [-0.15, -0.1) is 0 Å². The topological polar surface area (TPSA) is 74.2 Å². The van der Waals surface area contributed by atoms with Gasteiger partial charge in [-0.1, -0.05) is 36.4 Å². The molecule has 2 aliphatic heterocycles. The largest absolute Gasteiger partial charge is 0.465 e. The maximum Gasteiger partial charge on any atom is 0.315 e. The molecule has 0 saturated heterocycles. The smallest absolute Gasteiger partial charge is 0.315 e. The van der Waals surface area contributed by atoms with Crippen molar-refractivity contribution in [3.05, 3.63) is 70.9 Å². The zero-order valence-electron chi connectivity index (χ0n) is 18.0. The highest BCUT2D eigenvalue weighted by Crippen LogP contribution is 2.45. The van der Waals surface area contributed by atoms with Crippen LogP contribution in [-0.2, 0) is 20.7 Å². The van der Waals surface area contributed by atoms with Crippen LogP contribution in [-0.4, -0.2) is 30.9 Å². The first-order valence-corrected chi connectivity index (χ1v) is 11.0. The van der Waals surface area contributed by atoms with E-state index in [9.17, 15) is 9.59 Å². The Hall–Kier alpha value is -3.41. The molecule has 0 N–H and O–H groups in total. The Morgan fingerprint density at radius 1 is 1.09 bits per heavy atom. The SMILES string of the molecule is CC1=NC2=C(C(=O)CCC2)[C@H](c2ccc3c(c2)OCO3)C1C(=O)OCCc1ccccc1. The predicted molar refractivity (Wildman–Crippen MR) is 119 cm³/mol. The Morgan fingerprint density at radius 3 is 2.75 bits per heavy atom. The van der Waals surface area contributed by atoms with Gasteiger partial charge in [-0.05, 0) is 43.0 Å². The monoisotopic (exact) mass is 431 g/mol. The van der Waals surface area contributed by atoms with Crippen LogP contribution in [0.1, 0.15) is 43.2 Å². The minimum Gasteiger partial charge on any atom is -0.465 e. The van der Waals surface area contributed by atoms with Crippen molar-refractivity contribution in [2.45, 2.75) is 38.5 Å². The molecule has 6 nitrogen and oxygen atoms in total. The lowest BCUT2D eigenvalue weighted by Gasteiger charge is -2.34. The summed E-state index contributed by atoms with van der Waals surface area (Å²) < 4.78 is 16.7. The van der Waals surface area contributed by atoms with Crippen molar-refractivity contribution >= 4 is 17.5 Å². The molecule has 6 heteroatoms. The Morgan fingerprint density at radius 2 is 1.91 bits per heavy atom. The van der Waals surface area contributed by atoms with E-state index in [1.54, 1.807) is 0 Å². The summed E-state index contributed by atoms with van der Waals surface area (Å²) in [6.07, 6.45) is 2.64. The second kappa shape index (κ2) is 8.61. The zero-order valence-corrected chi connectivity index (χ0v) is 18.0. The summed E-state index contributed by atoms with van der Waals surface area (Å²) in [4.78, 5) is 31.0. The molecular weight excluding hydrogens is 406 g/mol. The predicted octanol–water partition coefficient (Wildman–Crippen LogP) is 4.38. The number of hydrogen-bond donors (Lipinski definition) is 0. The molecule has 2 aromatic carbocycles. The van der Waals surface area contributed by atoms with Crippen molar-refractivity contribution in [3.8, 4) is 11.5 Å². The maximum atomic E-state index is 13.3. The molecule has 5 rings (SSSR count). The lowest BCUT2D eigenvalue weighted by Crippen LogP contribution is -2.37. The van der Waals surface area contributed by atoms with Gasteiger partial charge in [0.25, 0.3) is 0 Å². The van der Waals surface area contributed by atoms with Gasteiger partial charge in [-0.3, -0.25) is 14.6 Å². The highest BCUT2D eigenvalue weighted by atomic mass is 16.7. The summed E-state index contributed by atoms with van der Waals surface area (Å²) in [6, 6.07) is 15.5. The van der Waals surface area contributed by atoms with Gasteiger partial charge < -0.3 is 14.2 Å². The molecule has 0 fully saturated rings. The summed E-state index contributed by atoms with van der Waals surface area (Å²) in [5.41, 5.74) is 4.08. The van der Waals surface area contributed by atoms with E-state index in [1.165, 1.54) is 0 Å². The average Bonchev–Trinajstić information content (AvgIpc) is 3.27. The molecule has 0 spiro atoms. The summed E-state index contributed by atoms with van der Waals surface area (Å²) in [5.74, 6) is -0.0756. The lowest BCUT2D eigenvalue weighted by molar-refractivity contribution is -0.146. The van der Waals surface area contributed by atoms with Crippen molar-refractivity contribution in [3.63, 3.8) is 0 Å². The average molecular weight is 431 g/mol. The van der Waals surface area contributed by atoms with E-state index in [0.717, 1.165) is 29.7 Å². The van der Waals surface area contributed by atoms with Crippen LogP contribution in [0.3, 0.4) is 0 Å². The van der Waals surface area contributed by atoms with Gasteiger partial charge in [0.2, 0.25) is 6.79 Å². The van der Waals surface area contributed by atoms with Gasteiger partial charge in [0, 0.05) is 35.7 Å². The molecule has 2 aromatic rings. The number of carbonyl (C=O) groups is 2. The van der Waals surface area contributed by atoms with Gasteiger partial charge >= 0.3 is 5.97 Å². The molecule has 3 aliphatic rings. The molecule has 164 valence electrons. The van der Waals surface area contributed by atoms with Crippen LogP contribution in [0.4, 0.5) is 0 Å². The summed E-state index contributed by atoms with van der Waals surface area (Å²) >= 11 is 0. The van der Waals surface area contributed by atoms with Crippen LogP contribution in [0.25, 0.3) is 0 Å². The van der Waals surface area contributed by atoms with Crippen molar-refractivity contribution < 1.29 is 23.8 Å². The van der Waals surface area contributed by atoms with E-state index in [2.05, 4.69) is 0 Å². The first-order chi connectivity index (χ1) is 15.6. The Kier molecular flexibility index (Phi) is 5.52. The number of allylic oxidation sites excluding steroid dienone is 2. The van der Waals surface area contributed by atoms with Crippen LogP contribution in [0, 0.1) is 5.92 Å². The number of hydrogen-bond acceptors (Lipinski definition) is 6. The lowest BCUT2D eigenvalue weighted by atomic mass is 9.71. The van der Waals surface area contributed by atoms with E-state index in [4.69, 9.17) is 19.2 Å². The van der Waals surface area contributed by atoms with Gasteiger partial charge in [-0.2, -0.15) is 0 Å². The molecule has 0 aromatic heterocycles. The van der Waals surface area contributed by atoms with Gasteiger partial charge in [0.1, 0.15) is 5.92 Å². The van der Waals surface area contributed by atoms with Gasteiger partial charge in [0.05, 0.1) is 6.61 Å². The number of benzene rings is 2. The van der Waals surface area contributed by atoms with Crippen LogP contribution < -0.4 is 9.47 Å². The Bertz CT molecular complexity index is 1120. The molecule has 0 radical (unpaired) electrons. The van der Waals surface area contributed by atoms with Crippen molar-refractivity contribution in [1.29, 1.82) is 0 Å². The number of aliphatic imine (C=N–C) groups is 1. The molecule has 1 aliphatic carbocycles. The number of esters is 1. The van der Waals surface area contributed by atoms with E-state index in [-0.39, 0.29) is 25.2 Å². The van der Waals surface area contributed by atoms with Crippen LogP contribution >= 0.6 is 0 Å². The van der Waals surface area contributed by atoms with Gasteiger partial charge in [-0.25, -0.2) is 0 Å². The number of carbonyl (C=O) groups excluding carboxylic acids is 2. The second-order valence-electron chi connectivity index (χ2n) is 8.36. The summed E-state index contributed by atoms with van der Waals surface area (Å²) in [7, 11) is 0. The molecule has 32 heavy (non-hydrogen) atoms. The van der Waals surface area contributed by atoms with E-state index in [1.807, 2.05) is 55.5 Å². The number of ketones is 1. The Balaban J connectivity index is 1.45. The number of ether oxygens (including phenoxy) is 3. The third-order valence-electron chi connectivity index (χ3n) is 6.32. The Labute approximate surface area is 186 Å². The molecule has 0 amide bonds. The standard InChI is InChI=1S/C26H25NO5/c1-16-23(26(29)30-13-12-17-6-3-2-4-7-17)24(25-19(27-16)8-5-9-20(25)28)18-10-11-21-22(14-18)32-15-31-21/h2-4,6-7,10-11,14,23-24H,5,8-9,12-13,15H2,1H3/t23?,24-/m1/s1. The maximum absolute atomic E-state index is 13.3. The first-order valence-electron chi connectivity index (χ1n) is 11.0. The third-order valence-corrected chi connectivity index (χ3v) is 6.32. The summed E-state index contributed by atoms with van der Waals surface area (Å²) in [6.45, 7) is 2.30. The van der Waals surface area contributed by atoms with Crippen molar-refractivity contribution in [1.82, 2.24) is 0 Å². The molecule has 0 saturated carbocycles. The van der Waals surface area contributed by atoms with Crippen molar-refractivity contribution in [2.75, 3.05) is 13.4 Å². The van der Waals surface area contributed by atoms with E-state index in [0.29, 0.717) is 35.6 Å². The molecule has 0 bridgehead atoms.